The maximum atomic E-state index is 11.6. The van der Waals surface area contributed by atoms with E-state index in [1.165, 1.54) is 17.3 Å². The van der Waals surface area contributed by atoms with Crippen LogP contribution in [0.4, 0.5) is 0 Å². The van der Waals surface area contributed by atoms with Gasteiger partial charge in [-0.25, -0.2) is 0 Å². The molecule has 2 aliphatic carbocycles. The van der Waals surface area contributed by atoms with Crippen molar-refractivity contribution in [3.63, 3.8) is 0 Å². The van der Waals surface area contributed by atoms with Crippen molar-refractivity contribution >= 4 is 16.5 Å². The van der Waals surface area contributed by atoms with E-state index in [1.54, 1.807) is 6.07 Å². The predicted octanol–water partition coefficient (Wildman–Crippen LogP) is 2.52. The molecule has 0 N–H and O–H groups in total. The Balaban J connectivity index is 1.61. The zero-order valence-corrected chi connectivity index (χ0v) is 16.4. The van der Waals surface area contributed by atoms with Gasteiger partial charge in [0.1, 0.15) is 0 Å². The molecule has 1 saturated carbocycles. The smallest absolute Gasteiger partial charge is 0.376 e. The van der Waals surface area contributed by atoms with Crippen LogP contribution < -0.4 is 4.18 Å². The molecular formula is C19H26N2O4S. The first-order valence-electron chi connectivity index (χ1n) is 9.22. The van der Waals surface area contributed by atoms with Crippen LogP contribution in [0.1, 0.15) is 48.8 Å². The summed E-state index contributed by atoms with van der Waals surface area (Å²) in [5.74, 6) is 0.840. The van der Waals surface area contributed by atoms with Gasteiger partial charge in [-0.2, -0.15) is 8.42 Å². The summed E-state index contributed by atoms with van der Waals surface area (Å²) in [5.41, 5.74) is 3.46. The van der Waals surface area contributed by atoms with Crippen LogP contribution in [-0.2, 0) is 21.5 Å². The molecule has 1 fully saturated rings. The average Bonchev–Trinajstić information content (AvgIpc) is 2.90. The molecule has 142 valence electrons. The number of benzene rings is 1. The van der Waals surface area contributed by atoms with Gasteiger partial charge in [0, 0.05) is 17.5 Å². The maximum Gasteiger partial charge on any atom is 0.428 e. The summed E-state index contributed by atoms with van der Waals surface area (Å²) < 4.78 is 38.0. The summed E-state index contributed by atoms with van der Waals surface area (Å²) in [6.07, 6.45) is 5.84. The van der Waals surface area contributed by atoms with Gasteiger partial charge in [-0.15, -0.1) is 4.40 Å². The molecule has 0 amide bonds. The van der Waals surface area contributed by atoms with E-state index in [9.17, 15) is 8.42 Å². The van der Waals surface area contributed by atoms with Gasteiger partial charge in [0.15, 0.2) is 5.75 Å². The van der Waals surface area contributed by atoms with Crippen LogP contribution in [0.15, 0.2) is 16.5 Å². The lowest BCUT2D eigenvalue weighted by molar-refractivity contribution is -0.0293. The van der Waals surface area contributed by atoms with Gasteiger partial charge in [-0.1, -0.05) is 13.0 Å². The number of nitrogens with zero attached hydrogens (tertiary/aromatic N) is 2. The number of ether oxygens (including phenoxy) is 1. The second kappa shape index (κ2) is 6.32. The van der Waals surface area contributed by atoms with Crippen molar-refractivity contribution in [2.45, 2.75) is 44.6 Å². The minimum Gasteiger partial charge on any atom is -0.376 e. The van der Waals surface area contributed by atoms with Crippen LogP contribution in [0.5, 0.6) is 5.75 Å². The van der Waals surface area contributed by atoms with E-state index in [4.69, 9.17) is 8.92 Å². The van der Waals surface area contributed by atoms with Crippen molar-refractivity contribution in [3.8, 4) is 5.75 Å². The van der Waals surface area contributed by atoms with Crippen LogP contribution in [0, 0.1) is 5.41 Å². The highest BCUT2D eigenvalue weighted by molar-refractivity contribution is 7.86. The van der Waals surface area contributed by atoms with E-state index in [-0.39, 0.29) is 11.5 Å². The topological polar surface area (TPSA) is 68.2 Å². The SMILES string of the molecule is CN(C)CCO[C@@H]1CC[C@H]2c3ccc4c(c3CC[C@]12C)C=NS(=O)(=O)O4. The molecule has 6 nitrogen and oxygen atoms in total. The summed E-state index contributed by atoms with van der Waals surface area (Å²) >= 11 is 0. The van der Waals surface area contributed by atoms with Crippen molar-refractivity contribution in [3.05, 3.63) is 28.8 Å². The Morgan fingerprint density at radius 1 is 1.35 bits per heavy atom. The first kappa shape index (κ1) is 17.9. The van der Waals surface area contributed by atoms with E-state index in [0.29, 0.717) is 11.7 Å². The summed E-state index contributed by atoms with van der Waals surface area (Å²) in [6.45, 7) is 4.04. The van der Waals surface area contributed by atoms with Crippen LogP contribution >= 0.6 is 0 Å². The van der Waals surface area contributed by atoms with E-state index in [2.05, 4.69) is 30.3 Å². The van der Waals surface area contributed by atoms with Crippen molar-refractivity contribution in [1.29, 1.82) is 0 Å². The van der Waals surface area contributed by atoms with Gasteiger partial charge < -0.3 is 13.8 Å². The Morgan fingerprint density at radius 3 is 2.92 bits per heavy atom. The second-order valence-electron chi connectivity index (χ2n) is 8.09. The third kappa shape index (κ3) is 2.96. The average molecular weight is 378 g/mol. The molecule has 0 radical (unpaired) electrons. The first-order chi connectivity index (χ1) is 12.3. The van der Waals surface area contributed by atoms with Crippen molar-refractivity contribution in [1.82, 2.24) is 4.90 Å². The molecule has 7 heteroatoms. The molecule has 0 saturated heterocycles. The van der Waals surface area contributed by atoms with E-state index >= 15 is 0 Å². The number of hydrogen-bond acceptors (Lipinski definition) is 5. The van der Waals surface area contributed by atoms with E-state index < -0.39 is 10.3 Å². The molecule has 3 atom stereocenters. The lowest BCUT2D eigenvalue weighted by Gasteiger charge is -2.42. The quantitative estimate of drug-likeness (QED) is 0.805. The Morgan fingerprint density at radius 2 is 2.15 bits per heavy atom. The normalized spacial score (nSPS) is 31.2. The minimum absolute atomic E-state index is 0.131. The van der Waals surface area contributed by atoms with Gasteiger partial charge in [0.25, 0.3) is 0 Å². The molecule has 4 rings (SSSR count). The van der Waals surface area contributed by atoms with Gasteiger partial charge in [0.2, 0.25) is 0 Å². The summed E-state index contributed by atoms with van der Waals surface area (Å²) in [5, 5.41) is 0. The van der Waals surface area contributed by atoms with Crippen LogP contribution in [-0.4, -0.2) is 52.9 Å². The highest BCUT2D eigenvalue weighted by Crippen LogP contribution is 2.57. The zero-order chi connectivity index (χ0) is 18.5. The number of rotatable bonds is 4. The molecule has 3 aliphatic rings. The molecule has 0 bridgehead atoms. The molecule has 0 aromatic heterocycles. The second-order valence-corrected chi connectivity index (χ2v) is 9.32. The van der Waals surface area contributed by atoms with Crippen molar-refractivity contribution in [2.75, 3.05) is 27.2 Å². The molecule has 0 unspecified atom stereocenters. The fraction of sp³-hybridized carbons (Fsp3) is 0.632. The molecule has 1 aliphatic heterocycles. The Kier molecular flexibility index (Phi) is 4.36. The standard InChI is InChI=1S/C19H26N2O4S/c1-19-9-8-13-14(4-6-17-15(13)12-20-26(22,23)25-17)16(19)5-7-18(19)24-11-10-21(2)3/h4,6,12,16,18H,5,7-11H2,1-3H3/t16-,18+,19-/m0/s1. The summed E-state index contributed by atoms with van der Waals surface area (Å²) in [4.78, 5) is 2.14. The van der Waals surface area contributed by atoms with Crippen molar-refractivity contribution < 1.29 is 17.3 Å². The van der Waals surface area contributed by atoms with Gasteiger partial charge in [0.05, 0.1) is 18.9 Å². The summed E-state index contributed by atoms with van der Waals surface area (Å²) in [6, 6.07) is 3.83. The van der Waals surface area contributed by atoms with Gasteiger partial charge in [-0.3, -0.25) is 0 Å². The molecule has 0 spiro atoms. The monoisotopic (exact) mass is 378 g/mol. The fourth-order valence-electron chi connectivity index (χ4n) is 4.83. The molecule has 1 aromatic rings. The number of likely N-dealkylation sites (N-methyl/N-ethyl adjacent to an activating group) is 1. The van der Waals surface area contributed by atoms with E-state index in [0.717, 1.165) is 44.4 Å². The van der Waals surface area contributed by atoms with Crippen molar-refractivity contribution in [2.24, 2.45) is 9.81 Å². The first-order valence-corrected chi connectivity index (χ1v) is 10.6. The molecule has 1 heterocycles. The third-order valence-electron chi connectivity index (χ3n) is 6.26. The number of fused-ring (bicyclic) bond motifs is 5. The van der Waals surface area contributed by atoms with Crippen LogP contribution in [0.2, 0.25) is 0 Å². The largest absolute Gasteiger partial charge is 0.428 e. The minimum atomic E-state index is -3.83. The van der Waals surface area contributed by atoms with Gasteiger partial charge >= 0.3 is 10.3 Å². The highest BCUT2D eigenvalue weighted by Gasteiger charge is 2.50. The van der Waals surface area contributed by atoms with Crippen LogP contribution in [0.3, 0.4) is 0 Å². The Labute approximate surface area is 155 Å². The van der Waals surface area contributed by atoms with Crippen LogP contribution in [0.25, 0.3) is 0 Å². The Hall–Kier alpha value is -1.44. The fourth-order valence-corrected chi connectivity index (χ4v) is 5.48. The molecular weight excluding hydrogens is 352 g/mol. The summed E-state index contributed by atoms with van der Waals surface area (Å²) in [7, 11) is 0.291. The van der Waals surface area contributed by atoms with Gasteiger partial charge in [-0.05, 0) is 62.9 Å². The lowest BCUT2D eigenvalue weighted by atomic mass is 9.65. The Bertz CT molecular complexity index is 849. The maximum absolute atomic E-state index is 11.6. The highest BCUT2D eigenvalue weighted by atomic mass is 32.2. The molecule has 26 heavy (non-hydrogen) atoms. The lowest BCUT2D eigenvalue weighted by Crippen LogP contribution is -2.38. The third-order valence-corrected chi connectivity index (χ3v) is 7.01. The zero-order valence-electron chi connectivity index (χ0n) is 15.6. The predicted molar refractivity (Wildman–Crippen MR) is 100 cm³/mol. The number of hydrogen-bond donors (Lipinski definition) is 0. The van der Waals surface area contributed by atoms with E-state index in [1.807, 2.05) is 6.07 Å². The molecule has 1 aromatic carbocycles.